The molecule has 1 saturated heterocycles. The number of benzene rings is 1. The maximum absolute atomic E-state index is 12.6. The number of methoxy groups -OCH3 is 1. The smallest absolute Gasteiger partial charge is 0.340 e. The van der Waals surface area contributed by atoms with Crippen LogP contribution in [0.5, 0.6) is 0 Å². The molecule has 0 bridgehead atoms. The Morgan fingerprint density at radius 2 is 1.76 bits per heavy atom. The van der Waals surface area contributed by atoms with Crippen LogP contribution in [0, 0.1) is 0 Å². The Bertz CT molecular complexity index is 742. The van der Waals surface area contributed by atoms with Crippen LogP contribution < -0.4 is 4.31 Å². The molecule has 1 aromatic rings. The van der Waals surface area contributed by atoms with Crippen LogP contribution >= 0.6 is 0 Å². The van der Waals surface area contributed by atoms with Crippen LogP contribution in [0.15, 0.2) is 24.3 Å². The summed E-state index contributed by atoms with van der Waals surface area (Å²) >= 11 is 0. The molecule has 1 fully saturated rings. The molecule has 9 heteroatoms. The second-order valence-electron chi connectivity index (χ2n) is 5.96. The molecule has 0 unspecified atom stereocenters. The minimum atomic E-state index is -3.76. The van der Waals surface area contributed by atoms with E-state index in [1.165, 1.54) is 19.2 Å². The third-order valence-electron chi connectivity index (χ3n) is 4.11. The fourth-order valence-corrected chi connectivity index (χ4v) is 3.49. The van der Waals surface area contributed by atoms with E-state index >= 15 is 0 Å². The molecule has 1 aliphatic rings. The van der Waals surface area contributed by atoms with E-state index in [9.17, 15) is 18.0 Å². The molecule has 0 aromatic heterocycles. The molecule has 25 heavy (non-hydrogen) atoms. The number of nitrogens with zero attached hydrogens (tertiary/aromatic N) is 3. The highest BCUT2D eigenvalue weighted by molar-refractivity contribution is 7.92. The molecule has 0 atom stereocenters. The van der Waals surface area contributed by atoms with Crippen molar-refractivity contribution in [3.8, 4) is 0 Å². The number of hydrogen-bond acceptors (Lipinski definition) is 6. The van der Waals surface area contributed by atoms with Gasteiger partial charge in [-0.3, -0.25) is 9.10 Å². The van der Waals surface area contributed by atoms with Crippen LogP contribution in [0.2, 0.25) is 0 Å². The van der Waals surface area contributed by atoms with Gasteiger partial charge in [-0.1, -0.05) is 12.1 Å². The fourth-order valence-electron chi connectivity index (χ4n) is 2.63. The van der Waals surface area contributed by atoms with Gasteiger partial charge in [0.2, 0.25) is 15.9 Å². The highest BCUT2D eigenvalue weighted by Crippen LogP contribution is 2.24. The molecule has 138 valence electrons. The van der Waals surface area contributed by atoms with Gasteiger partial charge < -0.3 is 14.5 Å². The van der Waals surface area contributed by atoms with Crippen molar-refractivity contribution >= 4 is 27.6 Å². The first-order chi connectivity index (χ1) is 11.7. The minimum absolute atomic E-state index is 0.0987. The van der Waals surface area contributed by atoms with E-state index in [4.69, 9.17) is 4.74 Å². The number of anilines is 1. The Hall–Kier alpha value is -2.13. The Labute approximate surface area is 148 Å². The van der Waals surface area contributed by atoms with Gasteiger partial charge in [0, 0.05) is 26.2 Å². The van der Waals surface area contributed by atoms with Crippen molar-refractivity contribution in [2.75, 3.05) is 57.4 Å². The van der Waals surface area contributed by atoms with Gasteiger partial charge in [-0.15, -0.1) is 0 Å². The number of rotatable bonds is 5. The monoisotopic (exact) mass is 369 g/mol. The van der Waals surface area contributed by atoms with E-state index in [-0.39, 0.29) is 23.7 Å². The van der Waals surface area contributed by atoms with Crippen LogP contribution in [0.3, 0.4) is 0 Å². The van der Waals surface area contributed by atoms with E-state index in [0.29, 0.717) is 13.1 Å². The number of carbonyl (C=O) groups excluding carboxylic acids is 2. The average Bonchev–Trinajstić information content (AvgIpc) is 2.58. The highest BCUT2D eigenvalue weighted by Gasteiger charge is 2.28. The van der Waals surface area contributed by atoms with Gasteiger partial charge in [-0.25, -0.2) is 13.2 Å². The normalized spacial score (nSPS) is 15.7. The van der Waals surface area contributed by atoms with E-state index in [2.05, 4.69) is 4.90 Å². The van der Waals surface area contributed by atoms with Gasteiger partial charge in [-0.2, -0.15) is 0 Å². The zero-order chi connectivity index (χ0) is 18.6. The summed E-state index contributed by atoms with van der Waals surface area (Å²) in [5.41, 5.74) is 0.237. The van der Waals surface area contributed by atoms with Crippen molar-refractivity contribution < 1.29 is 22.7 Å². The van der Waals surface area contributed by atoms with Crippen LogP contribution in [0.4, 0.5) is 5.69 Å². The number of carbonyl (C=O) groups is 2. The number of sulfonamides is 1. The largest absolute Gasteiger partial charge is 0.465 e. The SMILES string of the molecule is COC(=O)c1ccccc1N(CC(=O)N1CCN(C)CC1)S(C)(=O)=O. The fraction of sp³-hybridized carbons (Fsp3) is 0.500. The van der Waals surface area contributed by atoms with E-state index < -0.39 is 16.0 Å². The van der Waals surface area contributed by atoms with Crippen molar-refractivity contribution in [2.24, 2.45) is 0 Å². The standard InChI is InChI=1S/C16H23N3O5S/c1-17-8-10-18(11-9-17)15(20)12-19(25(3,22)23)14-7-5-4-6-13(14)16(21)24-2/h4-7H,8-12H2,1-3H3. The first kappa shape index (κ1) is 19.2. The summed E-state index contributed by atoms with van der Waals surface area (Å²) < 4.78 is 30.2. The summed E-state index contributed by atoms with van der Waals surface area (Å²) in [7, 11) is -0.568. The molecule has 0 aliphatic carbocycles. The van der Waals surface area contributed by atoms with Gasteiger partial charge in [0.25, 0.3) is 0 Å². The van der Waals surface area contributed by atoms with E-state index in [0.717, 1.165) is 23.7 Å². The van der Waals surface area contributed by atoms with Gasteiger partial charge >= 0.3 is 5.97 Å². The van der Waals surface area contributed by atoms with Crippen LogP contribution in [0.1, 0.15) is 10.4 Å². The molecule has 1 aliphatic heterocycles. The van der Waals surface area contributed by atoms with Crippen LogP contribution in [-0.4, -0.2) is 83.2 Å². The van der Waals surface area contributed by atoms with Crippen molar-refractivity contribution in [3.63, 3.8) is 0 Å². The van der Waals surface area contributed by atoms with Crippen LogP contribution in [-0.2, 0) is 19.6 Å². The molecule has 0 N–H and O–H groups in total. The number of hydrogen-bond donors (Lipinski definition) is 0. The van der Waals surface area contributed by atoms with Gasteiger partial charge in [0.05, 0.1) is 24.6 Å². The maximum atomic E-state index is 12.6. The summed E-state index contributed by atoms with van der Waals surface area (Å²) in [6.07, 6.45) is 1.01. The summed E-state index contributed by atoms with van der Waals surface area (Å²) in [6.45, 7) is 2.22. The quantitative estimate of drug-likeness (QED) is 0.680. The molecular weight excluding hydrogens is 346 g/mol. The molecular formula is C16H23N3O5S. The van der Waals surface area contributed by atoms with Gasteiger partial charge in [-0.05, 0) is 19.2 Å². The molecule has 1 amide bonds. The molecule has 0 radical (unpaired) electrons. The van der Waals surface area contributed by atoms with Crippen LogP contribution in [0.25, 0.3) is 0 Å². The lowest BCUT2D eigenvalue weighted by molar-refractivity contribution is -0.131. The second-order valence-corrected chi connectivity index (χ2v) is 7.87. The Kier molecular flexibility index (Phi) is 6.02. The lowest BCUT2D eigenvalue weighted by Gasteiger charge is -2.34. The van der Waals surface area contributed by atoms with E-state index in [1.54, 1.807) is 17.0 Å². The second kappa shape index (κ2) is 7.83. The first-order valence-corrected chi connectivity index (χ1v) is 9.70. The molecule has 8 nitrogen and oxygen atoms in total. The molecule has 0 spiro atoms. The van der Waals surface area contributed by atoms with Crippen molar-refractivity contribution in [2.45, 2.75) is 0 Å². The summed E-state index contributed by atoms with van der Waals surface area (Å²) in [5.74, 6) is -0.950. The lowest BCUT2D eigenvalue weighted by atomic mass is 10.2. The molecule has 1 aromatic carbocycles. The number of esters is 1. The Balaban J connectivity index is 2.30. The molecule has 1 heterocycles. The van der Waals surface area contributed by atoms with Gasteiger partial charge in [0.1, 0.15) is 6.54 Å². The number of likely N-dealkylation sites (N-methyl/N-ethyl adjacent to an activating group) is 1. The Morgan fingerprint density at radius 1 is 1.16 bits per heavy atom. The summed E-state index contributed by atoms with van der Waals surface area (Å²) in [5, 5.41) is 0. The molecule has 2 rings (SSSR count). The maximum Gasteiger partial charge on any atom is 0.340 e. The zero-order valence-electron chi connectivity index (χ0n) is 14.6. The minimum Gasteiger partial charge on any atom is -0.465 e. The number of amides is 1. The van der Waals surface area contributed by atoms with Crippen molar-refractivity contribution in [1.82, 2.24) is 9.80 Å². The third kappa shape index (κ3) is 4.70. The lowest BCUT2D eigenvalue weighted by Crippen LogP contribution is -2.50. The predicted molar refractivity (Wildman–Crippen MR) is 94.0 cm³/mol. The zero-order valence-corrected chi connectivity index (χ0v) is 15.5. The first-order valence-electron chi connectivity index (χ1n) is 7.85. The average molecular weight is 369 g/mol. The number of piperazine rings is 1. The number of para-hydroxylation sites is 1. The molecule has 0 saturated carbocycles. The number of ether oxygens (including phenoxy) is 1. The highest BCUT2D eigenvalue weighted by atomic mass is 32.2. The Morgan fingerprint density at radius 3 is 2.32 bits per heavy atom. The topological polar surface area (TPSA) is 87.2 Å². The van der Waals surface area contributed by atoms with E-state index in [1.807, 2.05) is 7.05 Å². The summed E-state index contributed by atoms with van der Waals surface area (Å²) in [4.78, 5) is 28.3. The van der Waals surface area contributed by atoms with Crippen molar-refractivity contribution in [3.05, 3.63) is 29.8 Å². The summed E-state index contributed by atoms with van der Waals surface area (Å²) in [6, 6.07) is 6.18. The third-order valence-corrected chi connectivity index (χ3v) is 5.24. The van der Waals surface area contributed by atoms with Gasteiger partial charge in [0.15, 0.2) is 0 Å². The predicted octanol–water partition coefficient (Wildman–Crippen LogP) is 0.0132. The van der Waals surface area contributed by atoms with Crippen molar-refractivity contribution in [1.29, 1.82) is 0 Å².